The van der Waals surface area contributed by atoms with Crippen LogP contribution in [0.15, 0.2) is 147 Å². The van der Waals surface area contributed by atoms with E-state index in [1.807, 2.05) is 49.6 Å². The highest BCUT2D eigenvalue weighted by Gasteiger charge is 2.35. The molecule has 2 bridgehead atoms. The topological polar surface area (TPSA) is 73.5 Å². The van der Waals surface area contributed by atoms with Crippen LogP contribution < -0.4 is 9.03 Å². The van der Waals surface area contributed by atoms with Gasteiger partial charge >= 0.3 is 0 Å². The number of rotatable bonds is 4. The highest BCUT2D eigenvalue weighted by molar-refractivity contribution is 6.01. The first-order valence-electron chi connectivity index (χ1n) is 16.5. The lowest BCUT2D eigenvalue weighted by Crippen LogP contribution is -2.50. The van der Waals surface area contributed by atoms with E-state index < -0.39 is 0 Å². The number of fused-ring (bicyclic) bond motifs is 2. The van der Waals surface area contributed by atoms with Crippen molar-refractivity contribution in [3.8, 4) is 44.5 Å². The van der Waals surface area contributed by atoms with Crippen LogP contribution in [0.25, 0.3) is 88.6 Å². The molecule has 0 aliphatic heterocycles. The SMILES string of the molecule is Cn1c2ccc1c(-c1ccncc1)c1ccc3c(-c4ccncc4)c4ccc5c(-c6ccncc6)c6ccc(c2-c2ccncc2)[n+]6n(n54)[n+]13. The summed E-state index contributed by atoms with van der Waals surface area (Å²) in [5, 5.41) is 0. The van der Waals surface area contributed by atoms with E-state index in [1.165, 1.54) is 0 Å². The van der Waals surface area contributed by atoms with E-state index in [0.29, 0.717) is 0 Å². The molecule has 0 atom stereocenters. The maximum atomic E-state index is 4.39. The first-order valence-corrected chi connectivity index (χ1v) is 16.5. The van der Waals surface area contributed by atoms with E-state index in [4.69, 9.17) is 0 Å². The third-order valence-corrected chi connectivity index (χ3v) is 10.1. The van der Waals surface area contributed by atoms with E-state index in [2.05, 4.69) is 147 Å². The summed E-state index contributed by atoms with van der Waals surface area (Å²) in [6, 6.07) is 34.8. The Bertz CT molecular complexity index is 2870. The van der Waals surface area contributed by atoms with E-state index >= 15 is 0 Å². The molecule has 11 aromatic heterocycles. The minimum Gasteiger partial charge on any atom is -0.343 e. The summed E-state index contributed by atoms with van der Waals surface area (Å²) < 4.78 is 11.8. The van der Waals surface area contributed by atoms with Crippen molar-refractivity contribution in [2.75, 3.05) is 0 Å². The Morgan fingerprint density at radius 1 is 0.360 bits per heavy atom. The Morgan fingerprint density at radius 2 is 0.640 bits per heavy atom. The highest BCUT2D eigenvalue weighted by atomic mass is 15.7. The highest BCUT2D eigenvalue weighted by Crippen LogP contribution is 2.38. The van der Waals surface area contributed by atoms with Crippen molar-refractivity contribution in [2.24, 2.45) is 7.05 Å². The van der Waals surface area contributed by atoms with E-state index in [9.17, 15) is 0 Å². The molecule has 0 aliphatic rings. The van der Waals surface area contributed by atoms with Gasteiger partial charge in [-0.3, -0.25) is 19.9 Å². The largest absolute Gasteiger partial charge is 0.343 e. The predicted octanol–water partition coefficient (Wildman–Crippen LogP) is 7.00. The molecule has 0 amide bonds. The Balaban J connectivity index is 1.52. The molecular weight excluding hydrogens is 619 g/mol. The first kappa shape index (κ1) is 27.0. The van der Waals surface area contributed by atoms with Crippen LogP contribution in [-0.4, -0.2) is 33.8 Å². The zero-order valence-corrected chi connectivity index (χ0v) is 26.9. The fourth-order valence-corrected chi connectivity index (χ4v) is 8.06. The molecule has 0 spiro atoms. The normalized spacial score (nSPS) is 12.1. The summed E-state index contributed by atoms with van der Waals surface area (Å²) in [6.45, 7) is 0. The van der Waals surface area contributed by atoms with Gasteiger partial charge in [0.1, 0.15) is 0 Å². The molecule has 0 saturated heterocycles. The van der Waals surface area contributed by atoms with Gasteiger partial charge in [0.25, 0.3) is 0 Å². The average molecular weight is 646 g/mol. The van der Waals surface area contributed by atoms with Gasteiger partial charge in [-0.1, -0.05) is 0 Å². The first-order chi connectivity index (χ1) is 24.8. The van der Waals surface area contributed by atoms with Gasteiger partial charge in [0.2, 0.25) is 22.1 Å². The molecule has 0 unspecified atom stereocenters. The molecule has 0 saturated carbocycles. The Hall–Kier alpha value is -7.00. The summed E-state index contributed by atoms with van der Waals surface area (Å²) in [5.41, 5.74) is 17.5. The monoisotopic (exact) mass is 645 g/mol. The van der Waals surface area contributed by atoms with E-state index in [-0.39, 0.29) is 0 Å². The molecule has 9 nitrogen and oxygen atoms in total. The van der Waals surface area contributed by atoms with E-state index in [1.54, 1.807) is 0 Å². The van der Waals surface area contributed by atoms with Crippen molar-refractivity contribution in [3.63, 3.8) is 0 Å². The molecular formula is C41H27N9+2. The average Bonchev–Trinajstić information content (AvgIpc) is 3.98. The van der Waals surface area contributed by atoms with Crippen LogP contribution in [0.2, 0.25) is 0 Å². The lowest BCUT2D eigenvalue weighted by Gasteiger charge is -2.11. The summed E-state index contributed by atoms with van der Waals surface area (Å²) in [5.74, 6) is 0. The van der Waals surface area contributed by atoms with Gasteiger partial charge in [0.15, 0.2) is 15.8 Å². The lowest BCUT2D eigenvalue weighted by molar-refractivity contribution is -0.767. The molecule has 0 fully saturated rings. The van der Waals surface area contributed by atoms with Gasteiger partial charge in [-0.2, -0.15) is 0 Å². The Labute approximate surface area is 284 Å². The molecule has 11 aromatic rings. The third kappa shape index (κ3) is 3.50. The van der Waals surface area contributed by atoms with Crippen LogP contribution in [0.4, 0.5) is 0 Å². The molecule has 0 aliphatic carbocycles. The summed E-state index contributed by atoms with van der Waals surface area (Å²) in [4.78, 5) is 17.5. The fourth-order valence-electron chi connectivity index (χ4n) is 8.06. The maximum Gasteiger partial charge on any atom is 0.201 e. The quantitative estimate of drug-likeness (QED) is 0.193. The van der Waals surface area contributed by atoms with Crippen molar-refractivity contribution in [2.45, 2.75) is 0 Å². The van der Waals surface area contributed by atoms with E-state index in [0.717, 1.165) is 88.6 Å². The minimum absolute atomic E-state index is 1.06. The summed E-state index contributed by atoms with van der Waals surface area (Å²) in [6.07, 6.45) is 15.0. The predicted molar refractivity (Wildman–Crippen MR) is 193 cm³/mol. The molecule has 11 heterocycles. The molecule has 9 heteroatoms. The molecule has 0 N–H and O–H groups in total. The third-order valence-electron chi connectivity index (χ3n) is 10.1. The Kier molecular flexibility index (Phi) is 5.40. The molecule has 11 rings (SSSR count). The second-order valence-electron chi connectivity index (χ2n) is 12.6. The van der Waals surface area contributed by atoms with Crippen LogP contribution in [0.5, 0.6) is 0 Å². The van der Waals surface area contributed by atoms with Crippen LogP contribution >= 0.6 is 0 Å². The van der Waals surface area contributed by atoms with Crippen molar-refractivity contribution in [1.82, 2.24) is 33.8 Å². The Morgan fingerprint density at radius 3 is 0.960 bits per heavy atom. The number of hydrogen-bond donors (Lipinski definition) is 0. The number of pyridine rings is 4. The van der Waals surface area contributed by atoms with Crippen molar-refractivity contribution >= 4 is 44.1 Å². The number of aromatic nitrogens is 9. The van der Waals surface area contributed by atoms with Crippen LogP contribution in [-0.2, 0) is 7.05 Å². The van der Waals surface area contributed by atoms with Crippen molar-refractivity contribution in [1.29, 1.82) is 0 Å². The van der Waals surface area contributed by atoms with Crippen LogP contribution in [0, 0.1) is 0 Å². The molecule has 50 heavy (non-hydrogen) atoms. The zero-order valence-electron chi connectivity index (χ0n) is 26.9. The second-order valence-corrected chi connectivity index (χ2v) is 12.6. The van der Waals surface area contributed by atoms with Crippen LogP contribution in [0.1, 0.15) is 0 Å². The number of hydrogen-bond acceptors (Lipinski definition) is 4. The minimum atomic E-state index is 1.06. The van der Waals surface area contributed by atoms with Gasteiger partial charge < -0.3 is 4.57 Å². The lowest BCUT2D eigenvalue weighted by atomic mass is 10.1. The van der Waals surface area contributed by atoms with Crippen molar-refractivity contribution in [3.05, 3.63) is 147 Å². The van der Waals surface area contributed by atoms with Gasteiger partial charge in [0, 0.05) is 93.0 Å². The smallest absolute Gasteiger partial charge is 0.201 e. The molecule has 0 radical (unpaired) electrons. The summed E-state index contributed by atoms with van der Waals surface area (Å²) in [7, 11) is 2.16. The van der Waals surface area contributed by atoms with Gasteiger partial charge in [-0.05, 0) is 96.5 Å². The maximum absolute atomic E-state index is 4.39. The van der Waals surface area contributed by atoms with Gasteiger partial charge in [-0.25, -0.2) is 0 Å². The second kappa shape index (κ2) is 10.0. The van der Waals surface area contributed by atoms with Gasteiger partial charge in [-0.15, -0.1) is 0 Å². The number of aryl methyl sites for hydroxylation is 1. The van der Waals surface area contributed by atoms with Crippen molar-refractivity contribution < 1.29 is 9.03 Å². The molecule has 0 aromatic carbocycles. The molecule has 234 valence electrons. The standard InChI is InChI=1S/C41H27N9/c1-46-30-2-3-31(46)39(27-12-20-43-21-13-27)33-5-7-35-41(29-16-24-45-25-17-29)37-9-8-36-40(28-14-22-44-23-15-28)34-6-4-32(38(30)26-10-18-42-19-11-26)47(34)50(48(33)35)49(36)37/h2-25H,1H3/q+2. The zero-order chi connectivity index (χ0) is 32.9. The van der Waals surface area contributed by atoms with Crippen LogP contribution in [0.3, 0.4) is 0 Å². The fraction of sp³-hybridized carbons (Fsp3) is 0.0244. The summed E-state index contributed by atoms with van der Waals surface area (Å²) >= 11 is 0. The number of nitrogens with zero attached hydrogens (tertiary/aromatic N) is 9. The van der Waals surface area contributed by atoms with Gasteiger partial charge in [0.05, 0.1) is 33.3 Å².